The molecule has 3 heteroatoms. The number of aryl methyl sites for hydroxylation is 1. The third kappa shape index (κ3) is 3.20. The van der Waals surface area contributed by atoms with Crippen molar-refractivity contribution in [2.45, 2.75) is 6.92 Å². The van der Waals surface area contributed by atoms with Crippen molar-refractivity contribution in [1.82, 2.24) is 4.98 Å². The molecule has 0 saturated heterocycles. The molecule has 0 amide bonds. The van der Waals surface area contributed by atoms with Crippen molar-refractivity contribution in [2.24, 2.45) is 0 Å². The molecule has 4 rings (SSSR count). The molecule has 3 aromatic carbocycles. The third-order valence-corrected chi connectivity index (χ3v) is 4.24. The predicted octanol–water partition coefficient (Wildman–Crippen LogP) is 5.43. The summed E-state index contributed by atoms with van der Waals surface area (Å²) in [4.78, 5) is 17.5. The Bertz CT molecular complexity index is 1070. The fourth-order valence-corrected chi connectivity index (χ4v) is 2.87. The number of rotatable bonds is 3. The molecule has 0 N–H and O–H groups in total. The molecule has 0 bridgehead atoms. The molecule has 3 nitrogen and oxygen atoms in total. The lowest BCUT2D eigenvalue weighted by molar-refractivity contribution is 0.0737. The number of carbonyl (C=O) groups is 1. The molecule has 0 aliphatic rings. The minimum absolute atomic E-state index is 0.386. The van der Waals surface area contributed by atoms with E-state index >= 15 is 0 Å². The van der Waals surface area contributed by atoms with Crippen molar-refractivity contribution in [3.05, 3.63) is 96.1 Å². The number of pyridine rings is 1. The average Bonchev–Trinajstić information content (AvgIpc) is 2.68. The number of hydrogen-bond acceptors (Lipinski definition) is 3. The molecule has 126 valence electrons. The van der Waals surface area contributed by atoms with Crippen LogP contribution in [0.25, 0.3) is 22.2 Å². The highest BCUT2D eigenvalue weighted by Crippen LogP contribution is 2.26. The number of fused-ring (bicyclic) bond motifs is 1. The number of esters is 1. The molecule has 0 radical (unpaired) electrons. The Kier molecular flexibility index (Phi) is 4.20. The van der Waals surface area contributed by atoms with Crippen LogP contribution in [0.3, 0.4) is 0 Å². The van der Waals surface area contributed by atoms with Gasteiger partial charge < -0.3 is 4.74 Å². The highest BCUT2D eigenvalue weighted by molar-refractivity contribution is 6.05. The summed E-state index contributed by atoms with van der Waals surface area (Å²) in [5.74, 6) is 0.137. The van der Waals surface area contributed by atoms with Crippen LogP contribution in [0.15, 0.2) is 84.9 Å². The molecule has 1 aromatic heterocycles. The number of carbonyl (C=O) groups excluding carboxylic acids is 1. The first-order chi connectivity index (χ1) is 12.7. The minimum Gasteiger partial charge on any atom is -0.423 e. The molecule has 4 aromatic rings. The summed E-state index contributed by atoms with van der Waals surface area (Å²) in [6, 6.07) is 26.6. The van der Waals surface area contributed by atoms with Crippen LogP contribution in [0.5, 0.6) is 5.75 Å². The zero-order chi connectivity index (χ0) is 17.9. The summed E-state index contributed by atoms with van der Waals surface area (Å²) < 4.78 is 5.55. The Balaban J connectivity index is 1.82. The molecule has 0 unspecified atom stereocenters. The number of para-hydroxylation sites is 2. The van der Waals surface area contributed by atoms with E-state index < -0.39 is 0 Å². The van der Waals surface area contributed by atoms with Gasteiger partial charge in [-0.2, -0.15) is 0 Å². The summed E-state index contributed by atoms with van der Waals surface area (Å²) in [7, 11) is 0. The van der Waals surface area contributed by atoms with Gasteiger partial charge in [0.25, 0.3) is 0 Å². The number of aromatic nitrogens is 1. The molecule has 1 heterocycles. The van der Waals surface area contributed by atoms with Crippen molar-refractivity contribution in [1.29, 1.82) is 0 Å². The molecular formula is C23H17NO2. The van der Waals surface area contributed by atoms with Crippen LogP contribution in [-0.4, -0.2) is 11.0 Å². The Morgan fingerprint density at radius 2 is 1.54 bits per heavy atom. The van der Waals surface area contributed by atoms with Crippen molar-refractivity contribution >= 4 is 16.9 Å². The lowest BCUT2D eigenvalue weighted by Crippen LogP contribution is -2.10. The van der Waals surface area contributed by atoms with E-state index in [1.54, 1.807) is 18.2 Å². The van der Waals surface area contributed by atoms with Crippen molar-refractivity contribution in [3.63, 3.8) is 0 Å². The number of hydrogen-bond donors (Lipinski definition) is 0. The minimum atomic E-state index is -0.386. The van der Waals surface area contributed by atoms with Crippen LogP contribution in [0, 0.1) is 6.92 Å². The van der Waals surface area contributed by atoms with E-state index in [4.69, 9.17) is 9.72 Å². The molecule has 0 saturated carbocycles. The van der Waals surface area contributed by atoms with Gasteiger partial charge in [-0.15, -0.1) is 0 Å². The van der Waals surface area contributed by atoms with Crippen LogP contribution in [0.1, 0.15) is 15.9 Å². The predicted molar refractivity (Wildman–Crippen MR) is 103 cm³/mol. The van der Waals surface area contributed by atoms with Gasteiger partial charge in [-0.1, -0.05) is 66.2 Å². The van der Waals surface area contributed by atoms with Gasteiger partial charge in [-0.25, -0.2) is 9.78 Å². The van der Waals surface area contributed by atoms with Crippen molar-refractivity contribution in [2.75, 3.05) is 0 Å². The largest absolute Gasteiger partial charge is 0.423 e. The summed E-state index contributed by atoms with van der Waals surface area (Å²) in [5.41, 5.74) is 4.18. The first-order valence-corrected chi connectivity index (χ1v) is 8.45. The van der Waals surface area contributed by atoms with Gasteiger partial charge in [0.15, 0.2) is 0 Å². The molecule has 0 aliphatic heterocycles. The van der Waals surface area contributed by atoms with Gasteiger partial charge in [-0.3, -0.25) is 0 Å². The maximum Gasteiger partial charge on any atom is 0.344 e. The van der Waals surface area contributed by atoms with Crippen LogP contribution in [0.4, 0.5) is 0 Å². The molecule has 0 spiro atoms. The quantitative estimate of drug-likeness (QED) is 0.369. The topological polar surface area (TPSA) is 39.2 Å². The molecule has 0 atom stereocenters. The second-order valence-electron chi connectivity index (χ2n) is 6.14. The van der Waals surface area contributed by atoms with E-state index in [1.807, 2.05) is 73.7 Å². The summed E-state index contributed by atoms with van der Waals surface area (Å²) in [6.07, 6.45) is 0. The van der Waals surface area contributed by atoms with Gasteiger partial charge in [0.2, 0.25) is 0 Å². The fraction of sp³-hybridized carbons (Fsp3) is 0.0435. The molecule has 0 aliphatic carbocycles. The van der Waals surface area contributed by atoms with Gasteiger partial charge in [-0.05, 0) is 31.2 Å². The Morgan fingerprint density at radius 1 is 0.846 bits per heavy atom. The normalized spacial score (nSPS) is 10.7. The maximum atomic E-state index is 12.8. The standard InChI is InChI=1S/C23H17NO2/c1-16-11-13-17(14-12-16)22-15-20(19-9-5-6-10-21(19)24-22)23(25)26-18-7-3-2-4-8-18/h2-15H,1H3. The lowest BCUT2D eigenvalue weighted by Gasteiger charge is -2.10. The van der Waals surface area contributed by atoms with E-state index in [9.17, 15) is 4.79 Å². The van der Waals surface area contributed by atoms with Gasteiger partial charge >= 0.3 is 5.97 Å². The van der Waals surface area contributed by atoms with Gasteiger partial charge in [0.1, 0.15) is 5.75 Å². The van der Waals surface area contributed by atoms with E-state index in [1.165, 1.54) is 5.56 Å². The highest BCUT2D eigenvalue weighted by atomic mass is 16.5. The summed E-state index contributed by atoms with van der Waals surface area (Å²) >= 11 is 0. The molecular weight excluding hydrogens is 322 g/mol. The van der Waals surface area contributed by atoms with Gasteiger partial charge in [0, 0.05) is 10.9 Å². The Labute approximate surface area is 151 Å². The first-order valence-electron chi connectivity index (χ1n) is 8.45. The van der Waals surface area contributed by atoms with Crippen LogP contribution < -0.4 is 4.74 Å². The highest BCUT2D eigenvalue weighted by Gasteiger charge is 2.16. The SMILES string of the molecule is Cc1ccc(-c2cc(C(=O)Oc3ccccc3)c3ccccc3n2)cc1. The Hall–Kier alpha value is -3.46. The van der Waals surface area contributed by atoms with Crippen LogP contribution in [0.2, 0.25) is 0 Å². The zero-order valence-electron chi connectivity index (χ0n) is 14.3. The van der Waals surface area contributed by atoms with Gasteiger partial charge in [0.05, 0.1) is 16.8 Å². The van der Waals surface area contributed by atoms with E-state index in [0.29, 0.717) is 11.3 Å². The molecule has 0 fully saturated rings. The second-order valence-corrected chi connectivity index (χ2v) is 6.14. The van der Waals surface area contributed by atoms with Crippen molar-refractivity contribution in [3.8, 4) is 17.0 Å². The number of nitrogens with zero attached hydrogens (tertiary/aromatic N) is 1. The fourth-order valence-electron chi connectivity index (χ4n) is 2.87. The average molecular weight is 339 g/mol. The zero-order valence-corrected chi connectivity index (χ0v) is 14.3. The maximum absolute atomic E-state index is 12.8. The first kappa shape index (κ1) is 16.0. The van der Waals surface area contributed by atoms with E-state index in [-0.39, 0.29) is 5.97 Å². The van der Waals surface area contributed by atoms with Crippen LogP contribution in [-0.2, 0) is 0 Å². The number of ether oxygens (including phenoxy) is 1. The smallest absolute Gasteiger partial charge is 0.344 e. The number of benzene rings is 3. The van der Waals surface area contributed by atoms with E-state index in [0.717, 1.165) is 22.2 Å². The second kappa shape index (κ2) is 6.81. The third-order valence-electron chi connectivity index (χ3n) is 4.24. The Morgan fingerprint density at radius 3 is 2.31 bits per heavy atom. The summed E-state index contributed by atoms with van der Waals surface area (Å²) in [6.45, 7) is 2.04. The van der Waals surface area contributed by atoms with Crippen molar-refractivity contribution < 1.29 is 9.53 Å². The van der Waals surface area contributed by atoms with E-state index in [2.05, 4.69) is 0 Å². The molecule has 26 heavy (non-hydrogen) atoms. The lowest BCUT2D eigenvalue weighted by atomic mass is 10.0. The monoisotopic (exact) mass is 339 g/mol. The van der Waals surface area contributed by atoms with Crippen LogP contribution >= 0.6 is 0 Å². The summed E-state index contributed by atoms with van der Waals surface area (Å²) in [5, 5.41) is 0.782.